The Kier molecular flexibility index (Phi) is 7.76. The monoisotopic (exact) mass is 583 g/mol. The maximum atomic E-state index is 13.4. The van der Waals surface area contributed by atoms with Crippen LogP contribution in [0.4, 0.5) is 32.3 Å². The van der Waals surface area contributed by atoms with E-state index in [1.807, 2.05) is 0 Å². The van der Waals surface area contributed by atoms with Crippen LogP contribution in [0.5, 0.6) is 0 Å². The normalized spacial score (nSPS) is 14.5. The third-order valence-corrected chi connectivity index (χ3v) is 6.76. The van der Waals surface area contributed by atoms with Gasteiger partial charge in [-0.3, -0.25) is 9.59 Å². The van der Waals surface area contributed by atoms with Crippen LogP contribution < -0.4 is 4.90 Å². The second-order valence-electron chi connectivity index (χ2n) is 10.0. The average Bonchev–Trinajstić information content (AvgIpc) is 3.67. The van der Waals surface area contributed by atoms with E-state index in [2.05, 4.69) is 15.1 Å². The van der Waals surface area contributed by atoms with Crippen molar-refractivity contribution < 1.29 is 35.9 Å². The first kappa shape index (κ1) is 29.8. The minimum atomic E-state index is -5.10. The molecule has 1 aromatic carbocycles. The van der Waals surface area contributed by atoms with Crippen molar-refractivity contribution in [3.8, 4) is 5.82 Å². The predicted molar refractivity (Wildman–Crippen MR) is 136 cm³/mol. The van der Waals surface area contributed by atoms with Crippen molar-refractivity contribution in [3.63, 3.8) is 0 Å². The van der Waals surface area contributed by atoms with Crippen molar-refractivity contribution in [3.05, 3.63) is 64.6 Å². The van der Waals surface area contributed by atoms with E-state index in [-0.39, 0.29) is 35.6 Å². The van der Waals surface area contributed by atoms with Gasteiger partial charge in [0.25, 0.3) is 11.8 Å². The fraction of sp³-hybridized carbons (Fsp3) is 0.423. The number of halogens is 6. The minimum absolute atomic E-state index is 0.0390. The van der Waals surface area contributed by atoms with Gasteiger partial charge in [0.15, 0.2) is 11.6 Å². The van der Waals surface area contributed by atoms with Gasteiger partial charge in [-0.1, -0.05) is 0 Å². The minimum Gasteiger partial charge on any atom is -0.346 e. The molecule has 1 fully saturated rings. The van der Waals surface area contributed by atoms with Crippen LogP contribution in [0, 0.1) is 0 Å². The van der Waals surface area contributed by atoms with E-state index >= 15 is 0 Å². The summed E-state index contributed by atoms with van der Waals surface area (Å²) in [5.74, 6) is -0.711. The van der Waals surface area contributed by atoms with Crippen LogP contribution in [-0.2, 0) is 12.4 Å². The van der Waals surface area contributed by atoms with Gasteiger partial charge in [-0.15, -0.1) is 5.10 Å². The molecule has 0 unspecified atom stereocenters. The molecule has 3 aromatic rings. The molecular formula is C26H27F6N7O2. The zero-order valence-corrected chi connectivity index (χ0v) is 22.7. The maximum Gasteiger partial charge on any atom is 0.416 e. The molecule has 0 bridgehead atoms. The van der Waals surface area contributed by atoms with E-state index in [1.165, 1.54) is 30.9 Å². The van der Waals surface area contributed by atoms with E-state index in [1.54, 1.807) is 37.0 Å². The van der Waals surface area contributed by atoms with Crippen molar-refractivity contribution >= 4 is 17.8 Å². The van der Waals surface area contributed by atoms with E-state index in [0.29, 0.717) is 17.7 Å². The number of carbonyl (C=O) groups excluding carboxylic acids is 2. The average molecular weight is 584 g/mol. The van der Waals surface area contributed by atoms with Gasteiger partial charge in [0.1, 0.15) is 0 Å². The zero-order valence-electron chi connectivity index (χ0n) is 22.7. The van der Waals surface area contributed by atoms with Crippen molar-refractivity contribution in [2.24, 2.45) is 0 Å². The number of anilines is 1. The molecule has 1 aliphatic carbocycles. The quantitative estimate of drug-likeness (QED) is 0.371. The Bertz CT molecular complexity index is 1410. The standard InChI is InChI=1S/C26H27F6N7O2/c1-14(37(4)23(41)16-10-17(25(27,28)29)12-18(11-16)26(30,31)32)21-34-24(36(2)3)35-39(21)20-9-6-15(13-33-20)22(40)38(5)19-7-8-19/h6,9-14,19H,7-8H2,1-5H3/t14-/m0/s1. The third-order valence-electron chi connectivity index (χ3n) is 6.76. The summed E-state index contributed by atoms with van der Waals surface area (Å²) in [6.07, 6.45) is -6.96. The van der Waals surface area contributed by atoms with Crippen LogP contribution in [0.2, 0.25) is 0 Å². The number of alkyl halides is 6. The molecule has 2 heterocycles. The number of hydrogen-bond acceptors (Lipinski definition) is 6. The van der Waals surface area contributed by atoms with Crippen molar-refractivity contribution in [2.75, 3.05) is 33.1 Å². The van der Waals surface area contributed by atoms with E-state index in [4.69, 9.17) is 0 Å². The number of benzene rings is 1. The Labute approximate surface area is 231 Å². The lowest BCUT2D eigenvalue weighted by atomic mass is 10.0. The second kappa shape index (κ2) is 10.7. The molecule has 1 saturated carbocycles. The molecule has 9 nitrogen and oxygen atoms in total. The highest BCUT2D eigenvalue weighted by Gasteiger charge is 2.38. The number of nitrogens with zero attached hydrogens (tertiary/aromatic N) is 7. The fourth-order valence-corrected chi connectivity index (χ4v) is 4.04. The molecule has 41 heavy (non-hydrogen) atoms. The number of amides is 2. The van der Waals surface area contributed by atoms with Crippen LogP contribution >= 0.6 is 0 Å². The smallest absolute Gasteiger partial charge is 0.346 e. The maximum absolute atomic E-state index is 13.4. The molecular weight excluding hydrogens is 556 g/mol. The van der Waals surface area contributed by atoms with Crippen LogP contribution in [-0.4, -0.2) is 75.6 Å². The Balaban J connectivity index is 1.68. The summed E-state index contributed by atoms with van der Waals surface area (Å²) in [4.78, 5) is 38.8. The molecule has 1 aliphatic rings. The van der Waals surface area contributed by atoms with Gasteiger partial charge in [-0.25, -0.2) is 4.98 Å². The van der Waals surface area contributed by atoms with Gasteiger partial charge in [0.05, 0.1) is 22.7 Å². The number of pyridine rings is 1. The SMILES string of the molecule is C[C@@H](c1nc(N(C)C)nn1-c1ccc(C(=O)N(C)C2CC2)cn1)N(C)C(=O)c1cc(C(F)(F)F)cc(C(F)(F)F)c1. The lowest BCUT2D eigenvalue weighted by Crippen LogP contribution is -2.32. The van der Waals surface area contributed by atoms with E-state index in [9.17, 15) is 35.9 Å². The summed E-state index contributed by atoms with van der Waals surface area (Å²) in [5, 5.41) is 4.39. The highest BCUT2D eigenvalue weighted by Crippen LogP contribution is 2.37. The number of rotatable bonds is 7. The van der Waals surface area contributed by atoms with Crippen molar-refractivity contribution in [1.29, 1.82) is 0 Å². The topological polar surface area (TPSA) is 87.5 Å². The largest absolute Gasteiger partial charge is 0.416 e. The molecule has 0 N–H and O–H groups in total. The summed E-state index contributed by atoms with van der Waals surface area (Å²) < 4.78 is 81.5. The molecule has 0 aliphatic heterocycles. The first-order valence-corrected chi connectivity index (χ1v) is 12.4. The molecule has 15 heteroatoms. The Hall–Kier alpha value is -4.17. The second-order valence-corrected chi connectivity index (χ2v) is 10.0. The Morgan fingerprint density at radius 2 is 1.49 bits per heavy atom. The predicted octanol–water partition coefficient (Wildman–Crippen LogP) is 4.83. The zero-order chi connectivity index (χ0) is 30.4. The fourth-order valence-electron chi connectivity index (χ4n) is 4.04. The van der Waals surface area contributed by atoms with Crippen LogP contribution in [0.25, 0.3) is 5.82 Å². The summed E-state index contributed by atoms with van der Waals surface area (Å²) in [6, 6.07) is 3.04. The number of aromatic nitrogens is 4. The van der Waals surface area contributed by atoms with Crippen LogP contribution in [0.3, 0.4) is 0 Å². The molecule has 2 aromatic heterocycles. The molecule has 220 valence electrons. The van der Waals surface area contributed by atoms with Gasteiger partial charge in [-0.05, 0) is 50.1 Å². The summed E-state index contributed by atoms with van der Waals surface area (Å²) in [7, 11) is 6.27. The lowest BCUT2D eigenvalue weighted by molar-refractivity contribution is -0.143. The van der Waals surface area contributed by atoms with E-state index in [0.717, 1.165) is 17.7 Å². The van der Waals surface area contributed by atoms with Crippen molar-refractivity contribution in [2.45, 2.75) is 44.2 Å². The first-order valence-electron chi connectivity index (χ1n) is 12.4. The van der Waals surface area contributed by atoms with Crippen molar-refractivity contribution in [1.82, 2.24) is 29.5 Å². The molecule has 0 spiro atoms. The molecule has 0 saturated heterocycles. The number of hydrogen-bond donors (Lipinski definition) is 0. The molecule has 1 atom stereocenters. The highest BCUT2D eigenvalue weighted by molar-refractivity contribution is 5.95. The van der Waals surface area contributed by atoms with Gasteiger partial charge >= 0.3 is 12.4 Å². The van der Waals surface area contributed by atoms with E-state index < -0.39 is 41.0 Å². The molecule has 0 radical (unpaired) electrons. The van der Waals surface area contributed by atoms with Gasteiger partial charge in [0, 0.05) is 46.0 Å². The van der Waals surface area contributed by atoms with Gasteiger partial charge in [0.2, 0.25) is 5.95 Å². The van der Waals surface area contributed by atoms with Crippen LogP contribution in [0.1, 0.15) is 63.5 Å². The number of carbonyl (C=O) groups is 2. The summed E-state index contributed by atoms with van der Waals surface area (Å²) >= 11 is 0. The highest BCUT2D eigenvalue weighted by atomic mass is 19.4. The van der Waals surface area contributed by atoms with Gasteiger partial charge < -0.3 is 14.7 Å². The van der Waals surface area contributed by atoms with Crippen LogP contribution in [0.15, 0.2) is 36.5 Å². The molecule has 2 amide bonds. The Morgan fingerprint density at radius 1 is 0.902 bits per heavy atom. The third kappa shape index (κ3) is 6.28. The summed E-state index contributed by atoms with van der Waals surface area (Å²) in [6.45, 7) is 1.50. The first-order chi connectivity index (χ1) is 19.0. The lowest BCUT2D eigenvalue weighted by Gasteiger charge is -2.25. The van der Waals surface area contributed by atoms with Gasteiger partial charge in [-0.2, -0.15) is 36.0 Å². The summed E-state index contributed by atoms with van der Waals surface area (Å²) in [5.41, 5.74) is -3.63. The molecule has 4 rings (SSSR count). The Morgan fingerprint density at radius 3 is 1.95 bits per heavy atom.